The summed E-state index contributed by atoms with van der Waals surface area (Å²) in [7, 11) is 0. The molecule has 1 saturated heterocycles. The highest BCUT2D eigenvalue weighted by atomic mass is 32.2. The van der Waals surface area contributed by atoms with E-state index < -0.39 is 0 Å². The van der Waals surface area contributed by atoms with Crippen molar-refractivity contribution >= 4 is 11.8 Å². The molecule has 2 atom stereocenters. The Labute approximate surface area is 47.7 Å². The van der Waals surface area contributed by atoms with Crippen LogP contribution in [0, 0.1) is 11.8 Å². The maximum Gasteiger partial charge on any atom is 0.0118 e. The summed E-state index contributed by atoms with van der Waals surface area (Å²) in [5, 5.41) is 0. The molecule has 2 N–H and O–H groups in total. The van der Waals surface area contributed by atoms with Gasteiger partial charge < -0.3 is 5.73 Å². The molecule has 0 aromatic rings. The van der Waals surface area contributed by atoms with Crippen LogP contribution in [0.1, 0.15) is 0 Å². The molecule has 0 radical (unpaired) electrons. The lowest BCUT2D eigenvalue weighted by Crippen LogP contribution is -2.07. The molecular formula is C5H9NS. The number of thioether (sulfide) groups is 1. The lowest BCUT2D eigenvalue weighted by molar-refractivity contribution is 0.895. The van der Waals surface area contributed by atoms with E-state index in [-0.39, 0.29) is 0 Å². The monoisotopic (exact) mass is 115 g/mol. The minimum atomic E-state index is 0.598. The lowest BCUT2D eigenvalue weighted by atomic mass is 10.4. The van der Waals surface area contributed by atoms with Crippen molar-refractivity contribution in [1.29, 1.82) is 0 Å². The highest BCUT2D eigenvalue weighted by Gasteiger charge is 2.50. The van der Waals surface area contributed by atoms with E-state index in [4.69, 9.17) is 5.73 Å². The van der Waals surface area contributed by atoms with E-state index >= 15 is 0 Å². The summed E-state index contributed by atoms with van der Waals surface area (Å²) in [5.41, 5.74) is 5.66. The SMILES string of the molecule is NC1C2CSCC12. The van der Waals surface area contributed by atoms with E-state index in [9.17, 15) is 0 Å². The van der Waals surface area contributed by atoms with E-state index in [1.54, 1.807) is 0 Å². The van der Waals surface area contributed by atoms with Crippen LogP contribution in [0.3, 0.4) is 0 Å². The summed E-state index contributed by atoms with van der Waals surface area (Å²) in [4.78, 5) is 0. The molecule has 0 aromatic heterocycles. The third-order valence-electron chi connectivity index (χ3n) is 2.02. The van der Waals surface area contributed by atoms with Crippen molar-refractivity contribution in [2.24, 2.45) is 17.6 Å². The van der Waals surface area contributed by atoms with Crippen molar-refractivity contribution in [2.75, 3.05) is 11.5 Å². The molecule has 1 saturated carbocycles. The lowest BCUT2D eigenvalue weighted by Gasteiger charge is -1.90. The minimum absolute atomic E-state index is 0.598. The molecule has 2 heteroatoms. The predicted octanol–water partition coefficient (Wildman–Crippen LogP) is 0.306. The van der Waals surface area contributed by atoms with Gasteiger partial charge in [0.2, 0.25) is 0 Å². The van der Waals surface area contributed by atoms with Crippen LogP contribution in [-0.2, 0) is 0 Å². The first-order valence-electron chi connectivity index (χ1n) is 2.73. The van der Waals surface area contributed by atoms with E-state index in [0.717, 1.165) is 11.8 Å². The van der Waals surface area contributed by atoms with Crippen molar-refractivity contribution in [1.82, 2.24) is 0 Å². The number of fused-ring (bicyclic) bond motifs is 1. The van der Waals surface area contributed by atoms with Gasteiger partial charge in [-0.25, -0.2) is 0 Å². The Kier molecular flexibility index (Phi) is 0.707. The largest absolute Gasteiger partial charge is 0.327 e. The van der Waals surface area contributed by atoms with Crippen molar-refractivity contribution in [3.8, 4) is 0 Å². The van der Waals surface area contributed by atoms with Gasteiger partial charge in [0.1, 0.15) is 0 Å². The molecule has 0 aromatic carbocycles. The third-order valence-corrected chi connectivity index (χ3v) is 3.26. The molecule has 0 bridgehead atoms. The van der Waals surface area contributed by atoms with Crippen LogP contribution in [0.4, 0.5) is 0 Å². The van der Waals surface area contributed by atoms with Crippen LogP contribution in [0.25, 0.3) is 0 Å². The van der Waals surface area contributed by atoms with Gasteiger partial charge in [0, 0.05) is 6.04 Å². The van der Waals surface area contributed by atoms with Crippen molar-refractivity contribution in [2.45, 2.75) is 6.04 Å². The van der Waals surface area contributed by atoms with Gasteiger partial charge >= 0.3 is 0 Å². The van der Waals surface area contributed by atoms with E-state index in [0.29, 0.717) is 6.04 Å². The van der Waals surface area contributed by atoms with Crippen molar-refractivity contribution in [3.63, 3.8) is 0 Å². The van der Waals surface area contributed by atoms with Gasteiger partial charge in [-0.15, -0.1) is 0 Å². The summed E-state index contributed by atoms with van der Waals surface area (Å²) < 4.78 is 0. The maximum absolute atomic E-state index is 5.66. The molecule has 7 heavy (non-hydrogen) atoms. The van der Waals surface area contributed by atoms with Crippen molar-refractivity contribution in [3.05, 3.63) is 0 Å². The highest BCUT2D eigenvalue weighted by Crippen LogP contribution is 2.47. The first-order valence-corrected chi connectivity index (χ1v) is 3.88. The summed E-state index contributed by atoms with van der Waals surface area (Å²) >= 11 is 2.06. The second-order valence-corrected chi connectivity index (χ2v) is 3.52. The minimum Gasteiger partial charge on any atom is -0.327 e. The summed E-state index contributed by atoms with van der Waals surface area (Å²) in [5.74, 6) is 4.52. The van der Waals surface area contributed by atoms with Crippen LogP contribution < -0.4 is 5.73 Å². The number of hydrogen-bond donors (Lipinski definition) is 1. The van der Waals surface area contributed by atoms with E-state index in [1.165, 1.54) is 11.5 Å². The molecule has 40 valence electrons. The molecule has 1 nitrogen and oxygen atoms in total. The zero-order chi connectivity index (χ0) is 4.85. The summed E-state index contributed by atoms with van der Waals surface area (Å²) in [6.07, 6.45) is 0. The first-order chi connectivity index (χ1) is 3.39. The van der Waals surface area contributed by atoms with Gasteiger partial charge in [0.05, 0.1) is 0 Å². The summed E-state index contributed by atoms with van der Waals surface area (Å²) in [6, 6.07) is 0.598. The van der Waals surface area contributed by atoms with Crippen LogP contribution >= 0.6 is 11.8 Å². The van der Waals surface area contributed by atoms with Crippen molar-refractivity contribution < 1.29 is 0 Å². The van der Waals surface area contributed by atoms with Gasteiger partial charge in [0.25, 0.3) is 0 Å². The fourth-order valence-corrected chi connectivity index (χ4v) is 2.90. The summed E-state index contributed by atoms with van der Waals surface area (Å²) in [6.45, 7) is 0. The smallest absolute Gasteiger partial charge is 0.0118 e. The van der Waals surface area contributed by atoms with Gasteiger partial charge in [-0.3, -0.25) is 0 Å². The van der Waals surface area contributed by atoms with Gasteiger partial charge in [-0.2, -0.15) is 11.8 Å². The molecular weight excluding hydrogens is 106 g/mol. The molecule has 2 rings (SSSR count). The standard InChI is InChI=1S/C5H9NS/c6-5-3-1-7-2-4(3)5/h3-5H,1-2,6H2. The molecule has 0 amide bonds. The number of nitrogens with two attached hydrogens (primary N) is 1. The zero-order valence-electron chi connectivity index (χ0n) is 4.13. The molecule has 2 unspecified atom stereocenters. The molecule has 1 aliphatic carbocycles. The molecule has 1 aliphatic heterocycles. The first kappa shape index (κ1) is 4.21. The molecule has 2 aliphatic rings. The Balaban J connectivity index is 2.06. The fourth-order valence-electron chi connectivity index (χ4n) is 1.28. The Bertz CT molecular complexity index is 84.1. The van der Waals surface area contributed by atoms with E-state index in [2.05, 4.69) is 11.8 Å². The van der Waals surface area contributed by atoms with Crippen LogP contribution in [-0.4, -0.2) is 17.5 Å². The van der Waals surface area contributed by atoms with Crippen LogP contribution in [0.5, 0.6) is 0 Å². The number of hydrogen-bond acceptors (Lipinski definition) is 2. The van der Waals surface area contributed by atoms with Gasteiger partial charge in [-0.1, -0.05) is 0 Å². The Morgan fingerprint density at radius 3 is 2.14 bits per heavy atom. The Hall–Kier alpha value is 0.310. The second kappa shape index (κ2) is 1.17. The Morgan fingerprint density at radius 2 is 1.86 bits per heavy atom. The number of rotatable bonds is 0. The van der Waals surface area contributed by atoms with E-state index in [1.807, 2.05) is 0 Å². The fraction of sp³-hybridized carbons (Fsp3) is 1.00. The third kappa shape index (κ3) is 0.441. The highest BCUT2D eigenvalue weighted by molar-refractivity contribution is 7.99. The van der Waals surface area contributed by atoms with Crippen LogP contribution in [0.15, 0.2) is 0 Å². The second-order valence-electron chi connectivity index (χ2n) is 2.44. The van der Waals surface area contributed by atoms with Gasteiger partial charge in [-0.05, 0) is 23.3 Å². The molecule has 1 heterocycles. The average molecular weight is 115 g/mol. The maximum atomic E-state index is 5.66. The average Bonchev–Trinajstić information content (AvgIpc) is 2.26. The van der Waals surface area contributed by atoms with Gasteiger partial charge in [0.15, 0.2) is 0 Å². The molecule has 2 fully saturated rings. The quantitative estimate of drug-likeness (QED) is 0.491. The zero-order valence-corrected chi connectivity index (χ0v) is 4.95. The van der Waals surface area contributed by atoms with Crippen LogP contribution in [0.2, 0.25) is 0 Å². The normalized spacial score (nSPS) is 57.0. The topological polar surface area (TPSA) is 26.0 Å². The predicted molar refractivity (Wildman–Crippen MR) is 32.3 cm³/mol. The Morgan fingerprint density at radius 1 is 1.29 bits per heavy atom. The molecule has 0 spiro atoms.